The highest BCUT2D eigenvalue weighted by atomic mass is 16.7. The highest BCUT2D eigenvalue weighted by molar-refractivity contribution is 6.54. The van der Waals surface area contributed by atoms with E-state index in [1.54, 1.807) is 0 Å². The molecule has 0 spiro atoms. The van der Waals surface area contributed by atoms with Crippen LogP contribution < -0.4 is 0 Å². The molecule has 0 saturated carbocycles. The van der Waals surface area contributed by atoms with Crippen LogP contribution in [-0.2, 0) is 9.31 Å². The summed E-state index contributed by atoms with van der Waals surface area (Å²) in [6.45, 7) is 12.6. The van der Waals surface area contributed by atoms with Gasteiger partial charge in [0, 0.05) is 0 Å². The van der Waals surface area contributed by atoms with Crippen molar-refractivity contribution in [2.75, 3.05) is 0 Å². The van der Waals surface area contributed by atoms with Gasteiger partial charge in [-0.25, -0.2) is 0 Å². The van der Waals surface area contributed by atoms with Crippen LogP contribution in [0.1, 0.15) is 54.4 Å². The Morgan fingerprint density at radius 2 is 1.60 bits per heavy atom. The lowest BCUT2D eigenvalue weighted by atomic mass is 9.79. The van der Waals surface area contributed by atoms with Crippen molar-refractivity contribution >= 4 is 7.12 Å². The molecule has 0 aromatic heterocycles. The molecule has 1 fully saturated rings. The van der Waals surface area contributed by atoms with Crippen molar-refractivity contribution in [3.8, 4) is 0 Å². The molecule has 86 valence electrons. The standard InChI is InChI=1S/C12H23BO2/c1-7-8-9-10(2)13-14-11(3,4)12(5,6)15-13/h9H,7-8H2,1-6H3/b10-9+. The van der Waals surface area contributed by atoms with E-state index in [1.807, 2.05) is 0 Å². The summed E-state index contributed by atoms with van der Waals surface area (Å²) >= 11 is 0. The van der Waals surface area contributed by atoms with E-state index in [9.17, 15) is 0 Å². The van der Waals surface area contributed by atoms with Crippen LogP contribution in [0.2, 0.25) is 0 Å². The Balaban J connectivity index is 2.70. The molecule has 0 radical (unpaired) electrons. The van der Waals surface area contributed by atoms with E-state index >= 15 is 0 Å². The fourth-order valence-corrected chi connectivity index (χ4v) is 1.50. The molecule has 1 rings (SSSR count). The SMILES string of the molecule is CCC/C=C(\C)B1OC(C)(C)C(C)(C)O1. The topological polar surface area (TPSA) is 18.5 Å². The van der Waals surface area contributed by atoms with Gasteiger partial charge in [-0.3, -0.25) is 0 Å². The summed E-state index contributed by atoms with van der Waals surface area (Å²) in [5, 5.41) is 0. The minimum absolute atomic E-state index is 0.165. The van der Waals surface area contributed by atoms with Crippen LogP contribution >= 0.6 is 0 Å². The lowest BCUT2D eigenvalue weighted by Crippen LogP contribution is -2.41. The van der Waals surface area contributed by atoms with Gasteiger partial charge in [-0.1, -0.05) is 19.4 Å². The van der Waals surface area contributed by atoms with Gasteiger partial charge in [-0.15, -0.1) is 0 Å². The summed E-state index contributed by atoms with van der Waals surface area (Å²) in [6.07, 6.45) is 4.47. The lowest BCUT2D eigenvalue weighted by Gasteiger charge is -2.32. The third-order valence-electron chi connectivity index (χ3n) is 3.38. The molecule has 1 heterocycles. The number of hydrogen-bond donors (Lipinski definition) is 0. The van der Waals surface area contributed by atoms with Crippen LogP contribution in [0.3, 0.4) is 0 Å². The van der Waals surface area contributed by atoms with Crippen LogP contribution in [0.4, 0.5) is 0 Å². The summed E-state index contributed by atoms with van der Waals surface area (Å²) in [5.41, 5.74) is 0.744. The number of allylic oxidation sites excluding steroid dienone is 2. The Morgan fingerprint density at radius 1 is 1.13 bits per heavy atom. The molecule has 1 aliphatic rings. The fourth-order valence-electron chi connectivity index (χ4n) is 1.50. The molecule has 15 heavy (non-hydrogen) atoms. The first kappa shape index (κ1) is 12.8. The van der Waals surface area contributed by atoms with Gasteiger partial charge >= 0.3 is 7.12 Å². The molecule has 2 nitrogen and oxygen atoms in total. The second kappa shape index (κ2) is 4.30. The highest BCUT2D eigenvalue weighted by Gasteiger charge is 2.51. The smallest absolute Gasteiger partial charge is 0.400 e. The van der Waals surface area contributed by atoms with E-state index in [-0.39, 0.29) is 18.3 Å². The van der Waals surface area contributed by atoms with Crippen LogP contribution in [0.15, 0.2) is 11.5 Å². The van der Waals surface area contributed by atoms with Crippen LogP contribution in [0.25, 0.3) is 0 Å². The summed E-state index contributed by atoms with van der Waals surface area (Å²) in [6, 6.07) is 0. The molecule has 1 saturated heterocycles. The van der Waals surface area contributed by atoms with E-state index in [0.29, 0.717) is 0 Å². The minimum atomic E-state index is -0.223. The van der Waals surface area contributed by atoms with E-state index in [1.165, 1.54) is 5.47 Å². The first-order valence-corrected chi connectivity index (χ1v) is 5.82. The third-order valence-corrected chi connectivity index (χ3v) is 3.38. The zero-order chi connectivity index (χ0) is 11.7. The predicted octanol–water partition coefficient (Wildman–Crippen LogP) is 3.36. The molecule has 0 aromatic carbocycles. The maximum Gasteiger partial charge on any atom is 0.489 e. The maximum atomic E-state index is 5.93. The van der Waals surface area contributed by atoms with Gasteiger partial charge in [0.15, 0.2) is 0 Å². The van der Waals surface area contributed by atoms with Gasteiger partial charge in [0.05, 0.1) is 11.2 Å². The van der Waals surface area contributed by atoms with Gasteiger partial charge in [0.25, 0.3) is 0 Å². The van der Waals surface area contributed by atoms with Gasteiger partial charge in [-0.05, 0) is 46.5 Å². The number of unbranched alkanes of at least 4 members (excludes halogenated alkanes) is 1. The second-order valence-electron chi connectivity index (χ2n) is 5.33. The lowest BCUT2D eigenvalue weighted by molar-refractivity contribution is 0.00578. The fraction of sp³-hybridized carbons (Fsp3) is 0.833. The Kier molecular flexibility index (Phi) is 3.67. The molecule has 0 amide bonds. The Bertz CT molecular complexity index is 240. The van der Waals surface area contributed by atoms with Crippen LogP contribution in [0, 0.1) is 0 Å². The average molecular weight is 210 g/mol. The molecule has 0 atom stereocenters. The third kappa shape index (κ3) is 2.64. The van der Waals surface area contributed by atoms with Crippen LogP contribution in [0.5, 0.6) is 0 Å². The Hall–Kier alpha value is -0.275. The Labute approximate surface area is 94.2 Å². The second-order valence-corrected chi connectivity index (χ2v) is 5.33. The van der Waals surface area contributed by atoms with Crippen molar-refractivity contribution in [1.82, 2.24) is 0 Å². The van der Waals surface area contributed by atoms with Gasteiger partial charge in [0.1, 0.15) is 0 Å². The first-order chi connectivity index (χ1) is 6.80. The van der Waals surface area contributed by atoms with E-state index in [2.05, 4.69) is 47.6 Å². The van der Waals surface area contributed by atoms with Gasteiger partial charge < -0.3 is 9.31 Å². The van der Waals surface area contributed by atoms with Crippen molar-refractivity contribution in [2.45, 2.75) is 65.6 Å². The number of hydrogen-bond acceptors (Lipinski definition) is 2. The summed E-state index contributed by atoms with van der Waals surface area (Å²) in [4.78, 5) is 0. The zero-order valence-corrected chi connectivity index (χ0v) is 10.9. The van der Waals surface area contributed by atoms with Gasteiger partial charge in [-0.2, -0.15) is 0 Å². The predicted molar refractivity (Wildman–Crippen MR) is 64.7 cm³/mol. The molecule has 0 aliphatic carbocycles. The molecule has 1 aliphatic heterocycles. The average Bonchev–Trinajstić information content (AvgIpc) is 2.32. The van der Waals surface area contributed by atoms with Crippen molar-refractivity contribution in [2.24, 2.45) is 0 Å². The number of rotatable bonds is 3. The van der Waals surface area contributed by atoms with E-state index in [0.717, 1.165) is 12.8 Å². The monoisotopic (exact) mass is 210 g/mol. The summed E-state index contributed by atoms with van der Waals surface area (Å²) in [5.74, 6) is 0. The highest BCUT2D eigenvalue weighted by Crippen LogP contribution is 2.38. The van der Waals surface area contributed by atoms with Gasteiger partial charge in [0.2, 0.25) is 0 Å². The van der Waals surface area contributed by atoms with Crippen molar-refractivity contribution < 1.29 is 9.31 Å². The summed E-state index contributed by atoms with van der Waals surface area (Å²) in [7, 11) is -0.165. The summed E-state index contributed by atoms with van der Waals surface area (Å²) < 4.78 is 11.9. The normalized spacial score (nSPS) is 24.7. The largest absolute Gasteiger partial charge is 0.489 e. The van der Waals surface area contributed by atoms with E-state index in [4.69, 9.17) is 9.31 Å². The van der Waals surface area contributed by atoms with Crippen LogP contribution in [-0.4, -0.2) is 18.3 Å². The molecule has 0 unspecified atom stereocenters. The molecule has 0 N–H and O–H groups in total. The van der Waals surface area contributed by atoms with Crippen molar-refractivity contribution in [3.05, 3.63) is 11.5 Å². The molecular weight excluding hydrogens is 187 g/mol. The molecule has 3 heteroatoms. The minimum Gasteiger partial charge on any atom is -0.400 e. The Morgan fingerprint density at radius 3 is 2.00 bits per heavy atom. The first-order valence-electron chi connectivity index (χ1n) is 5.82. The quantitative estimate of drug-likeness (QED) is 0.665. The van der Waals surface area contributed by atoms with Crippen molar-refractivity contribution in [3.63, 3.8) is 0 Å². The molecule has 0 bridgehead atoms. The molecular formula is C12H23BO2. The van der Waals surface area contributed by atoms with E-state index < -0.39 is 0 Å². The van der Waals surface area contributed by atoms with Crippen molar-refractivity contribution in [1.29, 1.82) is 0 Å². The maximum absolute atomic E-state index is 5.93. The zero-order valence-electron chi connectivity index (χ0n) is 10.9. The molecule has 0 aromatic rings.